The third-order valence-electron chi connectivity index (χ3n) is 4.70. The summed E-state index contributed by atoms with van der Waals surface area (Å²) in [6.45, 7) is 0. The Balaban J connectivity index is 1.85. The van der Waals surface area contributed by atoms with Gasteiger partial charge in [-0.15, -0.1) is 0 Å². The molecule has 29 heavy (non-hydrogen) atoms. The van der Waals surface area contributed by atoms with Crippen molar-refractivity contribution in [2.24, 2.45) is 0 Å². The molecule has 144 valence electrons. The summed E-state index contributed by atoms with van der Waals surface area (Å²) in [6.07, 6.45) is 7.73. The molecule has 4 nitrogen and oxygen atoms in total. The summed E-state index contributed by atoms with van der Waals surface area (Å²) in [5.41, 5.74) is 3.80. The van der Waals surface area contributed by atoms with E-state index in [1.54, 1.807) is 55.2 Å². The molecule has 1 atom stereocenters. The summed E-state index contributed by atoms with van der Waals surface area (Å²) in [5, 5.41) is 12.5. The van der Waals surface area contributed by atoms with E-state index in [2.05, 4.69) is 15.0 Å². The molecule has 3 heterocycles. The van der Waals surface area contributed by atoms with E-state index in [4.69, 9.17) is 23.2 Å². The number of hydrogen-bond donors (Lipinski definition) is 1. The SMILES string of the molecule is OC(c1cccnc1-c1cc(Cl)cc(Cl)c1)C(c1cccnc1)c1cccnc1. The Morgan fingerprint density at radius 1 is 0.759 bits per heavy atom. The second-order valence-electron chi connectivity index (χ2n) is 6.59. The molecule has 0 aliphatic rings. The second-order valence-corrected chi connectivity index (χ2v) is 7.47. The maximum Gasteiger partial charge on any atom is 0.0921 e. The van der Waals surface area contributed by atoms with E-state index >= 15 is 0 Å². The fraction of sp³-hybridized carbons (Fsp3) is 0.0870. The highest BCUT2D eigenvalue weighted by atomic mass is 35.5. The zero-order valence-electron chi connectivity index (χ0n) is 15.3. The maximum atomic E-state index is 11.5. The van der Waals surface area contributed by atoms with Crippen LogP contribution in [0.25, 0.3) is 11.3 Å². The molecule has 1 unspecified atom stereocenters. The first-order chi connectivity index (χ1) is 14.1. The van der Waals surface area contributed by atoms with Gasteiger partial charge in [0, 0.05) is 58.1 Å². The highest BCUT2D eigenvalue weighted by molar-refractivity contribution is 6.35. The Kier molecular flexibility index (Phi) is 5.86. The lowest BCUT2D eigenvalue weighted by molar-refractivity contribution is 0.159. The van der Waals surface area contributed by atoms with Crippen molar-refractivity contribution >= 4 is 23.2 Å². The number of pyridine rings is 3. The molecule has 4 aromatic rings. The van der Waals surface area contributed by atoms with Gasteiger partial charge in [-0.25, -0.2) is 0 Å². The van der Waals surface area contributed by atoms with Crippen molar-refractivity contribution in [2.75, 3.05) is 0 Å². The first-order valence-electron chi connectivity index (χ1n) is 9.03. The van der Waals surface area contributed by atoms with Crippen LogP contribution in [0.5, 0.6) is 0 Å². The number of aliphatic hydroxyl groups is 1. The van der Waals surface area contributed by atoms with Crippen LogP contribution in [0.15, 0.2) is 85.6 Å². The summed E-state index contributed by atoms with van der Waals surface area (Å²) in [4.78, 5) is 13.0. The summed E-state index contributed by atoms with van der Waals surface area (Å²) >= 11 is 12.4. The van der Waals surface area contributed by atoms with E-state index < -0.39 is 6.10 Å². The van der Waals surface area contributed by atoms with Gasteiger partial charge in [-0.3, -0.25) is 15.0 Å². The molecule has 0 aliphatic heterocycles. The summed E-state index contributed by atoms with van der Waals surface area (Å²) in [5.74, 6) is -0.366. The van der Waals surface area contributed by atoms with Crippen LogP contribution in [-0.2, 0) is 0 Å². The molecular weight excluding hydrogens is 405 g/mol. The molecule has 0 radical (unpaired) electrons. The summed E-state index contributed by atoms with van der Waals surface area (Å²) < 4.78 is 0. The third kappa shape index (κ3) is 4.30. The van der Waals surface area contributed by atoms with Gasteiger partial charge < -0.3 is 5.11 Å². The highest BCUT2D eigenvalue weighted by Gasteiger charge is 2.28. The molecule has 1 N–H and O–H groups in total. The van der Waals surface area contributed by atoms with Crippen molar-refractivity contribution in [3.05, 3.63) is 112 Å². The zero-order valence-corrected chi connectivity index (χ0v) is 16.8. The number of benzene rings is 1. The number of aliphatic hydroxyl groups excluding tert-OH is 1. The van der Waals surface area contributed by atoms with Gasteiger partial charge in [-0.2, -0.15) is 0 Å². The second kappa shape index (κ2) is 8.70. The lowest BCUT2D eigenvalue weighted by atomic mass is 9.84. The Hall–Kier alpha value is -2.79. The van der Waals surface area contributed by atoms with Crippen LogP contribution in [-0.4, -0.2) is 20.1 Å². The molecule has 1 aromatic carbocycles. The molecule has 0 amide bonds. The summed E-state index contributed by atoms with van der Waals surface area (Å²) in [6, 6.07) is 16.5. The quantitative estimate of drug-likeness (QED) is 0.448. The van der Waals surface area contributed by atoms with Crippen LogP contribution in [0.3, 0.4) is 0 Å². The van der Waals surface area contributed by atoms with Crippen molar-refractivity contribution in [1.29, 1.82) is 0 Å². The van der Waals surface area contributed by atoms with E-state index in [9.17, 15) is 5.11 Å². The van der Waals surface area contributed by atoms with Crippen LogP contribution in [0.2, 0.25) is 10.0 Å². The molecule has 0 aliphatic carbocycles. The van der Waals surface area contributed by atoms with Crippen molar-refractivity contribution < 1.29 is 5.11 Å². The Morgan fingerprint density at radius 2 is 1.34 bits per heavy atom. The van der Waals surface area contributed by atoms with Gasteiger partial charge in [0.1, 0.15) is 0 Å². The molecule has 4 rings (SSSR count). The minimum Gasteiger partial charge on any atom is -0.387 e. The van der Waals surface area contributed by atoms with Crippen LogP contribution in [0, 0.1) is 0 Å². The maximum absolute atomic E-state index is 11.5. The van der Waals surface area contributed by atoms with Gasteiger partial charge in [0.2, 0.25) is 0 Å². The fourth-order valence-corrected chi connectivity index (χ4v) is 3.97. The average Bonchev–Trinajstić information content (AvgIpc) is 2.75. The highest BCUT2D eigenvalue weighted by Crippen LogP contribution is 2.40. The van der Waals surface area contributed by atoms with E-state index in [0.29, 0.717) is 21.3 Å². The molecule has 6 heteroatoms. The minimum absolute atomic E-state index is 0.366. The molecular formula is C23H17Cl2N3O. The smallest absolute Gasteiger partial charge is 0.0921 e. The van der Waals surface area contributed by atoms with Gasteiger partial charge in [0.15, 0.2) is 0 Å². The molecule has 0 saturated carbocycles. The number of halogens is 2. The molecule has 3 aromatic heterocycles. The van der Waals surface area contributed by atoms with Crippen molar-refractivity contribution in [1.82, 2.24) is 15.0 Å². The fourth-order valence-electron chi connectivity index (χ4n) is 3.44. The van der Waals surface area contributed by atoms with Crippen LogP contribution in [0.4, 0.5) is 0 Å². The summed E-state index contributed by atoms with van der Waals surface area (Å²) in [7, 11) is 0. The topological polar surface area (TPSA) is 58.9 Å². The standard InChI is InChI=1S/C23H17Cl2N3O/c24-18-10-17(11-19(25)12-18)22-20(6-3-9-28-22)23(29)21(15-4-1-7-26-13-15)16-5-2-8-27-14-16/h1-14,21,23,29H. The lowest BCUT2D eigenvalue weighted by Gasteiger charge is -2.25. The van der Waals surface area contributed by atoms with Crippen molar-refractivity contribution in [3.8, 4) is 11.3 Å². The van der Waals surface area contributed by atoms with Gasteiger partial charge in [0.25, 0.3) is 0 Å². The van der Waals surface area contributed by atoms with Gasteiger partial charge >= 0.3 is 0 Å². The molecule has 0 spiro atoms. The predicted octanol–water partition coefficient (Wildman–Crippen LogP) is 5.71. The molecule has 0 bridgehead atoms. The first-order valence-corrected chi connectivity index (χ1v) is 9.78. The lowest BCUT2D eigenvalue weighted by Crippen LogP contribution is -2.14. The molecule has 0 saturated heterocycles. The van der Waals surface area contributed by atoms with Gasteiger partial charge in [0.05, 0.1) is 11.8 Å². The predicted molar refractivity (Wildman–Crippen MR) is 115 cm³/mol. The van der Waals surface area contributed by atoms with Gasteiger partial charge in [-0.05, 0) is 47.5 Å². The van der Waals surface area contributed by atoms with Crippen molar-refractivity contribution in [2.45, 2.75) is 12.0 Å². The Bertz CT molecular complexity index is 1050. The number of hydrogen-bond acceptors (Lipinski definition) is 4. The number of rotatable bonds is 5. The monoisotopic (exact) mass is 421 g/mol. The average molecular weight is 422 g/mol. The zero-order chi connectivity index (χ0) is 20.2. The van der Waals surface area contributed by atoms with Crippen LogP contribution in [0.1, 0.15) is 28.7 Å². The van der Waals surface area contributed by atoms with Crippen LogP contribution < -0.4 is 0 Å². The third-order valence-corrected chi connectivity index (χ3v) is 5.13. The number of aromatic nitrogens is 3. The largest absolute Gasteiger partial charge is 0.387 e. The van der Waals surface area contributed by atoms with E-state index in [0.717, 1.165) is 16.7 Å². The van der Waals surface area contributed by atoms with E-state index in [1.807, 2.05) is 30.3 Å². The molecule has 0 fully saturated rings. The Labute approximate surface area is 178 Å². The van der Waals surface area contributed by atoms with Gasteiger partial charge in [-0.1, -0.05) is 41.4 Å². The van der Waals surface area contributed by atoms with Crippen molar-refractivity contribution in [3.63, 3.8) is 0 Å². The number of nitrogens with zero attached hydrogens (tertiary/aromatic N) is 3. The van der Waals surface area contributed by atoms with E-state index in [-0.39, 0.29) is 5.92 Å². The van der Waals surface area contributed by atoms with E-state index in [1.165, 1.54) is 0 Å². The Morgan fingerprint density at radius 3 is 1.90 bits per heavy atom. The normalized spacial score (nSPS) is 12.1. The minimum atomic E-state index is -0.884. The first kappa shape index (κ1) is 19.5. The van der Waals surface area contributed by atoms with Crippen LogP contribution >= 0.6 is 23.2 Å².